The van der Waals surface area contributed by atoms with Crippen molar-refractivity contribution in [2.24, 2.45) is 17.6 Å². The van der Waals surface area contributed by atoms with Crippen LogP contribution in [0.25, 0.3) is 22.5 Å². The van der Waals surface area contributed by atoms with E-state index < -0.39 is 0 Å². The van der Waals surface area contributed by atoms with Crippen LogP contribution in [0.2, 0.25) is 0 Å². The molecule has 0 radical (unpaired) electrons. The summed E-state index contributed by atoms with van der Waals surface area (Å²) in [5.41, 5.74) is 10.2. The lowest BCUT2D eigenvalue weighted by atomic mass is 9.80. The van der Waals surface area contributed by atoms with Gasteiger partial charge in [-0.1, -0.05) is 62.4 Å². The Kier molecular flexibility index (Phi) is 8.04. The number of aromatic amines is 1. The minimum atomic E-state index is 0.482. The predicted molar refractivity (Wildman–Crippen MR) is 146 cm³/mol. The average Bonchev–Trinajstić information content (AvgIpc) is 3.59. The zero-order valence-electron chi connectivity index (χ0n) is 22.0. The summed E-state index contributed by atoms with van der Waals surface area (Å²) >= 11 is 0. The lowest BCUT2D eigenvalue weighted by Crippen LogP contribution is -2.19. The molecule has 0 spiro atoms. The second-order valence-electron chi connectivity index (χ2n) is 10.7. The highest BCUT2D eigenvalue weighted by atomic mass is 15.5. The summed E-state index contributed by atoms with van der Waals surface area (Å²) < 4.78 is 2.17. The summed E-state index contributed by atoms with van der Waals surface area (Å²) in [6.07, 6.45) is 8.03. The molecule has 0 bridgehead atoms. The van der Waals surface area contributed by atoms with E-state index in [0.717, 1.165) is 66.6 Å². The van der Waals surface area contributed by atoms with Crippen molar-refractivity contribution in [1.82, 2.24) is 35.4 Å². The van der Waals surface area contributed by atoms with E-state index in [-0.39, 0.29) is 0 Å². The van der Waals surface area contributed by atoms with Gasteiger partial charge in [-0.15, -0.1) is 10.2 Å². The molecule has 194 valence electrons. The highest BCUT2D eigenvalue weighted by molar-refractivity contribution is 5.80. The maximum Gasteiger partial charge on any atom is 0.205 e. The molecule has 5 rings (SSSR count). The Morgan fingerprint density at radius 2 is 1.76 bits per heavy atom. The van der Waals surface area contributed by atoms with Crippen molar-refractivity contribution in [3.63, 3.8) is 0 Å². The zero-order chi connectivity index (χ0) is 25.6. The van der Waals surface area contributed by atoms with Crippen molar-refractivity contribution in [2.45, 2.75) is 71.3 Å². The minimum absolute atomic E-state index is 0.482. The molecule has 2 heterocycles. The summed E-state index contributed by atoms with van der Waals surface area (Å²) in [6.45, 7) is 6.05. The highest BCUT2D eigenvalue weighted by Gasteiger charge is 2.26. The van der Waals surface area contributed by atoms with E-state index in [4.69, 9.17) is 15.8 Å². The first kappa shape index (κ1) is 25.3. The summed E-state index contributed by atoms with van der Waals surface area (Å²) in [6, 6.07) is 16.9. The van der Waals surface area contributed by atoms with Crippen LogP contribution in [0.4, 0.5) is 0 Å². The molecule has 0 unspecified atom stereocenters. The lowest BCUT2D eigenvalue weighted by molar-refractivity contribution is 0.302. The Labute approximate surface area is 219 Å². The Morgan fingerprint density at radius 1 is 1.00 bits per heavy atom. The SMILES string of the molecule is CC(C)CCc1nc(C2CCC(CCN)CC2)n(Cc2ccc(-c3ccccc3-c3nn[nH]n3)cc2)n1. The molecule has 8 heteroatoms. The molecule has 0 saturated heterocycles. The van der Waals surface area contributed by atoms with Crippen LogP contribution in [0.5, 0.6) is 0 Å². The van der Waals surface area contributed by atoms with Crippen LogP contribution in [-0.4, -0.2) is 41.9 Å². The summed E-state index contributed by atoms with van der Waals surface area (Å²) in [7, 11) is 0. The Balaban J connectivity index is 1.36. The molecule has 4 aromatic rings. The number of benzene rings is 2. The van der Waals surface area contributed by atoms with Gasteiger partial charge < -0.3 is 5.73 Å². The molecule has 1 fully saturated rings. The van der Waals surface area contributed by atoms with Gasteiger partial charge in [-0.25, -0.2) is 9.67 Å². The van der Waals surface area contributed by atoms with Gasteiger partial charge in [-0.3, -0.25) is 0 Å². The topological polar surface area (TPSA) is 111 Å². The largest absolute Gasteiger partial charge is 0.330 e. The second kappa shape index (κ2) is 11.8. The number of aryl methyl sites for hydroxylation is 1. The van der Waals surface area contributed by atoms with Gasteiger partial charge >= 0.3 is 0 Å². The van der Waals surface area contributed by atoms with E-state index in [2.05, 4.69) is 69.5 Å². The quantitative estimate of drug-likeness (QED) is 0.303. The van der Waals surface area contributed by atoms with Crippen LogP contribution in [0.3, 0.4) is 0 Å². The Morgan fingerprint density at radius 3 is 2.43 bits per heavy atom. The van der Waals surface area contributed by atoms with Crippen LogP contribution < -0.4 is 5.73 Å². The number of nitrogens with two attached hydrogens (primary N) is 1. The van der Waals surface area contributed by atoms with Gasteiger partial charge in [0.2, 0.25) is 5.82 Å². The summed E-state index contributed by atoms with van der Waals surface area (Å²) in [4.78, 5) is 5.08. The molecule has 1 aliphatic carbocycles. The molecule has 0 atom stereocenters. The highest BCUT2D eigenvalue weighted by Crippen LogP contribution is 2.36. The van der Waals surface area contributed by atoms with Crippen molar-refractivity contribution in [1.29, 1.82) is 0 Å². The fraction of sp³-hybridized carbons (Fsp3) is 0.483. The number of tetrazole rings is 1. The third-order valence-electron chi connectivity index (χ3n) is 7.59. The summed E-state index contributed by atoms with van der Waals surface area (Å²) in [5.74, 6) is 4.64. The number of rotatable bonds is 10. The van der Waals surface area contributed by atoms with Gasteiger partial charge in [0.05, 0.1) is 6.54 Å². The fourth-order valence-corrected chi connectivity index (χ4v) is 5.46. The monoisotopic (exact) mass is 498 g/mol. The number of hydrogen-bond donors (Lipinski definition) is 2. The van der Waals surface area contributed by atoms with Gasteiger partial charge in [0.15, 0.2) is 5.82 Å². The zero-order valence-corrected chi connectivity index (χ0v) is 22.0. The molecule has 0 aliphatic heterocycles. The van der Waals surface area contributed by atoms with E-state index in [0.29, 0.717) is 17.7 Å². The maximum absolute atomic E-state index is 5.82. The van der Waals surface area contributed by atoms with E-state index in [1.54, 1.807) is 0 Å². The van der Waals surface area contributed by atoms with Gasteiger partial charge in [0.25, 0.3) is 0 Å². The standard InChI is InChI=1S/C29H38N8/c1-20(2)7-16-27-31-29(24-14-8-21(9-15-24)17-18-30)37(34-27)19-22-10-12-23(13-11-22)25-5-3-4-6-26(25)28-32-35-36-33-28/h3-6,10-13,20-21,24H,7-9,14-19,30H2,1-2H3,(H,32,33,35,36). The van der Waals surface area contributed by atoms with Crippen LogP contribution >= 0.6 is 0 Å². The summed E-state index contributed by atoms with van der Waals surface area (Å²) in [5, 5.41) is 19.6. The Bertz CT molecular complexity index is 1250. The van der Waals surface area contributed by atoms with E-state index in [1.165, 1.54) is 31.2 Å². The average molecular weight is 499 g/mol. The van der Waals surface area contributed by atoms with Crippen molar-refractivity contribution in [3.05, 3.63) is 65.7 Å². The molecule has 8 nitrogen and oxygen atoms in total. The van der Waals surface area contributed by atoms with Gasteiger partial charge in [0.1, 0.15) is 5.82 Å². The molecule has 2 aromatic carbocycles. The second-order valence-corrected chi connectivity index (χ2v) is 10.7. The first-order chi connectivity index (χ1) is 18.1. The van der Waals surface area contributed by atoms with E-state index in [1.807, 2.05) is 18.2 Å². The molecule has 2 aromatic heterocycles. The number of nitrogens with one attached hydrogen (secondary N) is 1. The van der Waals surface area contributed by atoms with Crippen molar-refractivity contribution >= 4 is 0 Å². The third kappa shape index (κ3) is 6.13. The van der Waals surface area contributed by atoms with E-state index >= 15 is 0 Å². The van der Waals surface area contributed by atoms with Gasteiger partial charge in [-0.2, -0.15) is 10.3 Å². The van der Waals surface area contributed by atoms with Crippen LogP contribution in [0.1, 0.15) is 75.5 Å². The molecular weight excluding hydrogens is 460 g/mol. The van der Waals surface area contributed by atoms with Gasteiger partial charge in [-0.05, 0) is 78.8 Å². The molecule has 37 heavy (non-hydrogen) atoms. The van der Waals surface area contributed by atoms with Crippen LogP contribution in [0.15, 0.2) is 48.5 Å². The van der Waals surface area contributed by atoms with Crippen molar-refractivity contribution in [3.8, 4) is 22.5 Å². The molecule has 1 saturated carbocycles. The molecule has 0 amide bonds. The fourth-order valence-electron chi connectivity index (χ4n) is 5.46. The maximum atomic E-state index is 5.82. The first-order valence-electron chi connectivity index (χ1n) is 13.7. The minimum Gasteiger partial charge on any atom is -0.330 e. The van der Waals surface area contributed by atoms with Crippen molar-refractivity contribution < 1.29 is 0 Å². The van der Waals surface area contributed by atoms with Crippen LogP contribution in [-0.2, 0) is 13.0 Å². The normalized spacial score (nSPS) is 17.9. The predicted octanol–water partition coefficient (Wildman–Crippen LogP) is 5.38. The molecule has 3 N–H and O–H groups in total. The number of nitrogens with zero attached hydrogens (tertiary/aromatic N) is 6. The lowest BCUT2D eigenvalue weighted by Gasteiger charge is -2.27. The number of H-pyrrole nitrogens is 1. The molecule has 1 aliphatic rings. The number of aromatic nitrogens is 7. The van der Waals surface area contributed by atoms with Crippen LogP contribution in [0, 0.1) is 11.8 Å². The Hall–Kier alpha value is -3.39. The van der Waals surface area contributed by atoms with E-state index in [9.17, 15) is 0 Å². The third-order valence-corrected chi connectivity index (χ3v) is 7.59. The van der Waals surface area contributed by atoms with Crippen molar-refractivity contribution in [2.75, 3.05) is 6.54 Å². The first-order valence-corrected chi connectivity index (χ1v) is 13.7. The molecular formula is C29H38N8. The van der Waals surface area contributed by atoms with Gasteiger partial charge in [0, 0.05) is 17.9 Å². The smallest absolute Gasteiger partial charge is 0.205 e. The number of hydrogen-bond acceptors (Lipinski definition) is 6.